The van der Waals surface area contributed by atoms with Crippen molar-refractivity contribution in [2.24, 2.45) is 4.99 Å². The van der Waals surface area contributed by atoms with Gasteiger partial charge in [0.15, 0.2) is 10.9 Å². The Morgan fingerprint density at radius 3 is 2.44 bits per heavy atom. The lowest BCUT2D eigenvalue weighted by molar-refractivity contribution is -0.137. The Hall–Kier alpha value is -1.51. The van der Waals surface area contributed by atoms with Crippen molar-refractivity contribution in [3.05, 3.63) is 59.2 Å². The van der Waals surface area contributed by atoms with Crippen LogP contribution in [-0.4, -0.2) is 34.5 Å². The molecule has 1 fully saturated rings. The third-order valence-electron chi connectivity index (χ3n) is 5.17. The Kier molecular flexibility index (Phi) is 5.12. The molecule has 0 saturated carbocycles. The molecule has 0 aromatic heterocycles. The molecule has 27 heavy (non-hydrogen) atoms. The fourth-order valence-corrected chi connectivity index (χ4v) is 5.19. The number of fused-ring (bicyclic) bond motifs is 3. The van der Waals surface area contributed by atoms with Crippen molar-refractivity contribution in [1.29, 1.82) is 0 Å². The van der Waals surface area contributed by atoms with Gasteiger partial charge in [-0.25, -0.2) is 0 Å². The predicted octanol–water partition coefficient (Wildman–Crippen LogP) is 4.68. The average molecular weight is 459 g/mol. The minimum atomic E-state index is -4.35. The number of aliphatic hydroxyl groups is 1. The summed E-state index contributed by atoms with van der Waals surface area (Å²) in [6.07, 6.45) is -3.71. The van der Waals surface area contributed by atoms with Crippen molar-refractivity contribution >= 4 is 33.9 Å². The fraction of sp³-hybridized carbons (Fsp3) is 0.316. The zero-order valence-corrected chi connectivity index (χ0v) is 17.1. The molecule has 0 amide bonds. The predicted molar refractivity (Wildman–Crippen MR) is 107 cm³/mol. The zero-order chi connectivity index (χ0) is 18.7. The topological polar surface area (TPSA) is 35.8 Å². The lowest BCUT2D eigenvalue weighted by atomic mass is 9.94. The van der Waals surface area contributed by atoms with Crippen LogP contribution in [0.5, 0.6) is 0 Å². The Labute approximate surface area is 170 Å². The summed E-state index contributed by atoms with van der Waals surface area (Å²) in [5.41, 5.74) is 1.56. The molecule has 2 aromatic rings. The van der Waals surface area contributed by atoms with E-state index in [4.69, 9.17) is 0 Å². The smallest absolute Gasteiger partial charge is 0.366 e. The van der Waals surface area contributed by atoms with Gasteiger partial charge in [0.1, 0.15) is 0 Å². The Morgan fingerprint density at radius 1 is 1.19 bits per heavy atom. The number of halogens is 4. The first-order valence-electron chi connectivity index (χ1n) is 8.16. The molecular weight excluding hydrogens is 441 g/mol. The molecule has 2 aliphatic rings. The summed E-state index contributed by atoms with van der Waals surface area (Å²) in [7, 11) is 3.51. The van der Waals surface area contributed by atoms with Crippen LogP contribution in [0.4, 0.5) is 13.2 Å². The van der Waals surface area contributed by atoms with E-state index in [2.05, 4.69) is 4.99 Å². The van der Waals surface area contributed by atoms with Gasteiger partial charge in [-0.1, -0.05) is 42.1 Å². The van der Waals surface area contributed by atoms with Crippen molar-refractivity contribution in [3.63, 3.8) is 0 Å². The molecule has 1 heterocycles. The van der Waals surface area contributed by atoms with Gasteiger partial charge in [-0.3, -0.25) is 4.99 Å². The van der Waals surface area contributed by atoms with Gasteiger partial charge < -0.3 is 10.0 Å². The fourth-order valence-electron chi connectivity index (χ4n) is 3.84. The summed E-state index contributed by atoms with van der Waals surface area (Å²) in [6.45, 7) is 0. The Bertz CT molecular complexity index is 901. The van der Waals surface area contributed by atoms with Gasteiger partial charge in [0.2, 0.25) is 0 Å². The maximum absolute atomic E-state index is 12.8. The summed E-state index contributed by atoms with van der Waals surface area (Å²) < 4.78 is 38.4. The number of alkyl halides is 3. The van der Waals surface area contributed by atoms with Gasteiger partial charge in [-0.15, -0.1) is 17.0 Å². The first kappa shape index (κ1) is 20.2. The van der Waals surface area contributed by atoms with Crippen molar-refractivity contribution in [3.8, 4) is 11.1 Å². The zero-order valence-electron chi connectivity index (χ0n) is 14.6. The standard InChI is InChI=1S/C19H17F3N2OS.BrH/c1-23-17-24(2)18(25)15-5-3-4-13(14(15)10-16(18)26-17)11-6-8-12(9-7-11)19(20,21)22;/h3-9,16,25H,10H2,1-2H3;1H. The number of rotatable bonds is 1. The van der Waals surface area contributed by atoms with Gasteiger partial charge in [-0.05, 0) is 35.2 Å². The summed E-state index contributed by atoms with van der Waals surface area (Å²) in [4.78, 5) is 6.00. The van der Waals surface area contributed by atoms with Crippen molar-refractivity contribution in [2.75, 3.05) is 14.1 Å². The Balaban J connectivity index is 0.00000210. The van der Waals surface area contributed by atoms with Gasteiger partial charge >= 0.3 is 6.18 Å². The SMILES string of the molecule is Br.CN=C1SC2Cc3c(-c4ccc(C(F)(F)F)cc4)cccc3C2(O)N1C. The second-order valence-corrected chi connectivity index (χ2v) is 7.68. The molecule has 1 N–H and O–H groups in total. The van der Waals surface area contributed by atoms with E-state index < -0.39 is 17.5 Å². The molecule has 144 valence electrons. The second kappa shape index (κ2) is 6.83. The van der Waals surface area contributed by atoms with Crippen molar-refractivity contribution in [1.82, 2.24) is 4.90 Å². The van der Waals surface area contributed by atoms with Crippen molar-refractivity contribution < 1.29 is 18.3 Å². The number of nitrogens with zero attached hydrogens (tertiary/aromatic N) is 2. The molecule has 1 saturated heterocycles. The third kappa shape index (κ3) is 2.98. The molecule has 0 spiro atoms. The lowest BCUT2D eigenvalue weighted by Gasteiger charge is -2.31. The molecule has 0 radical (unpaired) electrons. The van der Waals surface area contributed by atoms with Crippen molar-refractivity contribution in [2.45, 2.75) is 23.6 Å². The second-order valence-electron chi connectivity index (χ2n) is 6.51. The van der Waals surface area contributed by atoms with Crippen LogP contribution in [-0.2, 0) is 18.3 Å². The third-order valence-corrected chi connectivity index (χ3v) is 6.62. The molecule has 1 aliphatic heterocycles. The summed E-state index contributed by atoms with van der Waals surface area (Å²) in [6, 6.07) is 10.8. The van der Waals surface area contributed by atoms with Crippen LogP contribution in [0.1, 0.15) is 16.7 Å². The number of hydrogen-bond donors (Lipinski definition) is 1. The number of thioether (sulfide) groups is 1. The molecule has 2 atom stereocenters. The summed E-state index contributed by atoms with van der Waals surface area (Å²) in [5.74, 6) is 0. The first-order chi connectivity index (χ1) is 12.3. The highest BCUT2D eigenvalue weighted by molar-refractivity contribution is 8.93. The normalized spacial score (nSPS) is 25.3. The van der Waals surface area contributed by atoms with E-state index in [9.17, 15) is 18.3 Å². The minimum absolute atomic E-state index is 0. The largest absolute Gasteiger partial charge is 0.416 e. The van der Waals surface area contributed by atoms with Crippen LogP contribution < -0.4 is 0 Å². The first-order valence-corrected chi connectivity index (χ1v) is 9.04. The highest BCUT2D eigenvalue weighted by Gasteiger charge is 2.56. The number of amidine groups is 1. The van der Waals surface area contributed by atoms with E-state index in [1.807, 2.05) is 25.2 Å². The molecule has 0 bridgehead atoms. The average Bonchev–Trinajstić information content (AvgIpc) is 3.04. The van der Waals surface area contributed by atoms with E-state index >= 15 is 0 Å². The summed E-state index contributed by atoms with van der Waals surface area (Å²) in [5, 5.41) is 12.0. The molecule has 2 unspecified atom stereocenters. The van der Waals surface area contributed by atoms with Crippen LogP contribution in [0.25, 0.3) is 11.1 Å². The maximum atomic E-state index is 12.8. The van der Waals surface area contributed by atoms with Gasteiger partial charge in [-0.2, -0.15) is 13.2 Å². The number of aliphatic imine (C=N–C) groups is 1. The highest BCUT2D eigenvalue weighted by Crippen LogP contribution is 2.53. The molecule has 2 aromatic carbocycles. The number of benzene rings is 2. The van der Waals surface area contributed by atoms with Gasteiger partial charge in [0, 0.05) is 19.7 Å². The van der Waals surface area contributed by atoms with Gasteiger partial charge in [0.25, 0.3) is 0 Å². The molecule has 4 rings (SSSR count). The Morgan fingerprint density at radius 2 is 1.85 bits per heavy atom. The molecule has 3 nitrogen and oxygen atoms in total. The molecule has 1 aliphatic carbocycles. The molecule has 8 heteroatoms. The monoisotopic (exact) mass is 458 g/mol. The maximum Gasteiger partial charge on any atom is 0.416 e. The quantitative estimate of drug-likeness (QED) is 0.673. The number of hydrogen-bond acceptors (Lipinski definition) is 3. The van der Waals surface area contributed by atoms with E-state index in [1.54, 1.807) is 11.9 Å². The highest BCUT2D eigenvalue weighted by atomic mass is 79.9. The minimum Gasteiger partial charge on any atom is -0.366 e. The van der Waals surface area contributed by atoms with E-state index in [1.165, 1.54) is 23.9 Å². The van der Waals surface area contributed by atoms with Crippen LogP contribution >= 0.6 is 28.7 Å². The van der Waals surface area contributed by atoms with E-state index in [0.29, 0.717) is 6.42 Å². The molecular formula is C19H18BrF3N2OS. The summed E-state index contributed by atoms with van der Waals surface area (Å²) >= 11 is 1.53. The van der Waals surface area contributed by atoms with Gasteiger partial charge in [0.05, 0.1) is 10.8 Å². The van der Waals surface area contributed by atoms with E-state index in [0.717, 1.165) is 39.6 Å². The van der Waals surface area contributed by atoms with E-state index in [-0.39, 0.29) is 22.2 Å². The lowest BCUT2D eigenvalue weighted by Crippen LogP contribution is -2.44. The van der Waals surface area contributed by atoms with Crippen LogP contribution in [0.2, 0.25) is 0 Å². The van der Waals surface area contributed by atoms with Crippen LogP contribution in [0, 0.1) is 0 Å². The van der Waals surface area contributed by atoms with Crippen LogP contribution in [0.15, 0.2) is 47.5 Å². The van der Waals surface area contributed by atoms with Crippen LogP contribution in [0.3, 0.4) is 0 Å².